The molecular formula is C22H32N2O4. The standard InChI is InChI=1S/C22H32N2O4/c1-14-6-9-17-21(2,11-5-12-22(17,3)20(25)27-4)16(14)8-7-15-10-13-28-18(15)19(23)24-26/h10,13,16-17,26H,1,5-9,11-12H2,2-4H3,(H2,23,24)/t16-,17+,21+,22-/m0/s1. The number of fused-ring (bicyclic) bond motifs is 1. The van der Waals surface area contributed by atoms with Crippen molar-refractivity contribution >= 4 is 11.8 Å². The summed E-state index contributed by atoms with van der Waals surface area (Å²) in [7, 11) is 1.49. The van der Waals surface area contributed by atoms with Crippen LogP contribution in [0.1, 0.15) is 63.7 Å². The van der Waals surface area contributed by atoms with Gasteiger partial charge < -0.3 is 20.1 Å². The van der Waals surface area contributed by atoms with E-state index in [0.717, 1.165) is 50.5 Å². The van der Waals surface area contributed by atoms with Gasteiger partial charge in [-0.3, -0.25) is 4.79 Å². The van der Waals surface area contributed by atoms with Gasteiger partial charge in [0.25, 0.3) is 0 Å². The first-order chi connectivity index (χ1) is 13.3. The number of hydrogen-bond acceptors (Lipinski definition) is 5. The first kappa shape index (κ1) is 20.5. The predicted molar refractivity (Wildman–Crippen MR) is 107 cm³/mol. The van der Waals surface area contributed by atoms with E-state index in [9.17, 15) is 4.79 Å². The third kappa shape index (κ3) is 3.23. The molecule has 0 unspecified atom stereocenters. The van der Waals surface area contributed by atoms with Gasteiger partial charge >= 0.3 is 5.97 Å². The van der Waals surface area contributed by atoms with E-state index in [1.807, 2.05) is 6.07 Å². The molecule has 0 aliphatic heterocycles. The van der Waals surface area contributed by atoms with E-state index < -0.39 is 5.41 Å². The summed E-state index contributed by atoms with van der Waals surface area (Å²) in [5.74, 6) is 0.921. The topological polar surface area (TPSA) is 98.0 Å². The lowest BCUT2D eigenvalue weighted by Gasteiger charge is -2.57. The molecular weight excluding hydrogens is 356 g/mol. The van der Waals surface area contributed by atoms with Gasteiger partial charge in [0.15, 0.2) is 5.76 Å². The van der Waals surface area contributed by atoms with Crippen molar-refractivity contribution in [1.29, 1.82) is 0 Å². The van der Waals surface area contributed by atoms with E-state index in [0.29, 0.717) is 11.7 Å². The number of nitrogens with two attached hydrogens (primary N) is 1. The summed E-state index contributed by atoms with van der Waals surface area (Å²) in [6.07, 6.45) is 8.13. The number of carbonyl (C=O) groups excluding carboxylic acids is 1. The molecule has 2 saturated carbocycles. The van der Waals surface area contributed by atoms with Crippen LogP contribution in [0.25, 0.3) is 0 Å². The number of furan rings is 1. The Kier molecular flexibility index (Phi) is 5.60. The Labute approximate surface area is 166 Å². The smallest absolute Gasteiger partial charge is 0.311 e. The number of rotatable bonds is 5. The van der Waals surface area contributed by atoms with Gasteiger partial charge in [-0.2, -0.15) is 0 Å². The molecule has 0 amide bonds. The lowest BCUT2D eigenvalue weighted by atomic mass is 9.46. The highest BCUT2D eigenvalue weighted by Gasteiger charge is 2.57. The number of carbonyl (C=O) groups is 1. The molecule has 6 nitrogen and oxygen atoms in total. The van der Waals surface area contributed by atoms with E-state index in [1.54, 1.807) is 6.26 Å². The van der Waals surface area contributed by atoms with Crippen molar-refractivity contribution in [3.63, 3.8) is 0 Å². The fourth-order valence-electron chi connectivity index (χ4n) is 6.06. The molecule has 0 radical (unpaired) electrons. The molecule has 28 heavy (non-hydrogen) atoms. The van der Waals surface area contributed by atoms with Crippen LogP contribution in [0.15, 0.2) is 34.1 Å². The van der Waals surface area contributed by atoms with Crippen molar-refractivity contribution in [2.24, 2.45) is 33.6 Å². The second-order valence-corrected chi connectivity index (χ2v) is 8.87. The van der Waals surface area contributed by atoms with Crippen LogP contribution in [-0.4, -0.2) is 24.1 Å². The predicted octanol–water partition coefficient (Wildman–Crippen LogP) is 4.26. The van der Waals surface area contributed by atoms with Gasteiger partial charge in [-0.05, 0) is 68.8 Å². The Hall–Kier alpha value is -2.24. The van der Waals surface area contributed by atoms with Gasteiger partial charge in [0.1, 0.15) is 0 Å². The molecule has 4 atom stereocenters. The van der Waals surface area contributed by atoms with Gasteiger partial charge in [-0.1, -0.05) is 30.7 Å². The summed E-state index contributed by atoms with van der Waals surface area (Å²) in [4.78, 5) is 12.7. The van der Waals surface area contributed by atoms with Gasteiger partial charge in [0.05, 0.1) is 18.8 Å². The van der Waals surface area contributed by atoms with E-state index in [-0.39, 0.29) is 23.1 Å². The molecule has 3 N–H and O–H groups in total. The van der Waals surface area contributed by atoms with E-state index in [4.69, 9.17) is 20.1 Å². The number of hydrogen-bond donors (Lipinski definition) is 2. The van der Waals surface area contributed by atoms with Crippen molar-refractivity contribution in [1.82, 2.24) is 0 Å². The highest BCUT2D eigenvalue weighted by Crippen LogP contribution is 2.62. The number of amidine groups is 1. The maximum Gasteiger partial charge on any atom is 0.311 e. The number of ether oxygens (including phenoxy) is 1. The summed E-state index contributed by atoms with van der Waals surface area (Å²) < 4.78 is 10.6. The molecule has 1 aromatic rings. The Morgan fingerprint density at radius 2 is 2.21 bits per heavy atom. The first-order valence-corrected chi connectivity index (χ1v) is 10.1. The molecule has 0 spiro atoms. The highest BCUT2D eigenvalue weighted by atomic mass is 16.5. The SMILES string of the molecule is C=C1CC[C@@H]2[C@](C)(CCC[C@]2(C)C(=O)OC)[C@H]1CCc1ccoc1/C(N)=N/O. The number of aryl methyl sites for hydroxylation is 1. The lowest BCUT2D eigenvalue weighted by molar-refractivity contribution is -0.168. The van der Waals surface area contributed by atoms with Gasteiger partial charge in [-0.15, -0.1) is 0 Å². The van der Waals surface area contributed by atoms with Crippen LogP contribution < -0.4 is 5.73 Å². The maximum absolute atomic E-state index is 12.7. The molecule has 2 fully saturated rings. The van der Waals surface area contributed by atoms with E-state index >= 15 is 0 Å². The van der Waals surface area contributed by atoms with Crippen molar-refractivity contribution in [2.75, 3.05) is 7.11 Å². The number of oxime groups is 1. The molecule has 3 rings (SSSR count). The Morgan fingerprint density at radius 1 is 1.46 bits per heavy atom. The normalized spacial score (nSPS) is 33.4. The van der Waals surface area contributed by atoms with Crippen molar-refractivity contribution in [3.8, 4) is 0 Å². The summed E-state index contributed by atoms with van der Waals surface area (Å²) >= 11 is 0. The fourth-order valence-corrected chi connectivity index (χ4v) is 6.06. The second kappa shape index (κ2) is 7.64. The quantitative estimate of drug-likeness (QED) is 0.196. The Morgan fingerprint density at radius 3 is 2.89 bits per heavy atom. The van der Waals surface area contributed by atoms with Gasteiger partial charge in [0, 0.05) is 5.56 Å². The van der Waals surface area contributed by atoms with Crippen LogP contribution in [-0.2, 0) is 16.0 Å². The van der Waals surface area contributed by atoms with Crippen LogP contribution >= 0.6 is 0 Å². The zero-order valence-corrected chi connectivity index (χ0v) is 17.2. The van der Waals surface area contributed by atoms with Crippen molar-refractivity contribution in [3.05, 3.63) is 35.8 Å². The minimum absolute atomic E-state index is 0.0109. The summed E-state index contributed by atoms with van der Waals surface area (Å²) in [6.45, 7) is 8.80. The minimum Gasteiger partial charge on any atom is -0.469 e. The third-order valence-corrected chi connectivity index (χ3v) is 7.46. The zero-order chi connectivity index (χ0) is 20.5. The third-order valence-electron chi connectivity index (χ3n) is 7.46. The van der Waals surface area contributed by atoms with Gasteiger partial charge in [-0.25, -0.2) is 0 Å². The fraction of sp³-hybridized carbons (Fsp3) is 0.636. The Balaban J connectivity index is 1.86. The number of nitrogens with zero attached hydrogens (tertiary/aromatic N) is 1. The maximum atomic E-state index is 12.7. The summed E-state index contributed by atoms with van der Waals surface area (Å²) in [5, 5.41) is 12.0. The van der Waals surface area contributed by atoms with E-state index in [2.05, 4.69) is 25.6 Å². The number of methoxy groups -OCH3 is 1. The molecule has 154 valence electrons. The largest absolute Gasteiger partial charge is 0.469 e. The highest BCUT2D eigenvalue weighted by molar-refractivity contribution is 5.95. The molecule has 2 aliphatic carbocycles. The van der Waals surface area contributed by atoms with Crippen LogP contribution in [0, 0.1) is 22.7 Å². The molecule has 0 aromatic carbocycles. The van der Waals surface area contributed by atoms with Crippen LogP contribution in [0.3, 0.4) is 0 Å². The summed E-state index contributed by atoms with van der Waals surface area (Å²) in [6, 6.07) is 1.87. The zero-order valence-electron chi connectivity index (χ0n) is 17.2. The number of esters is 1. The average molecular weight is 389 g/mol. The molecule has 1 heterocycles. The molecule has 0 bridgehead atoms. The number of allylic oxidation sites excluding steroid dienone is 1. The van der Waals surface area contributed by atoms with Crippen LogP contribution in [0.2, 0.25) is 0 Å². The van der Waals surface area contributed by atoms with Crippen LogP contribution in [0.5, 0.6) is 0 Å². The molecule has 6 heteroatoms. The second-order valence-electron chi connectivity index (χ2n) is 8.87. The lowest BCUT2D eigenvalue weighted by Crippen LogP contribution is -2.53. The average Bonchev–Trinajstić information content (AvgIpc) is 3.14. The van der Waals surface area contributed by atoms with Crippen LogP contribution in [0.4, 0.5) is 0 Å². The summed E-state index contributed by atoms with van der Waals surface area (Å²) in [5.41, 5.74) is 7.50. The van der Waals surface area contributed by atoms with Crippen molar-refractivity contribution in [2.45, 2.75) is 58.8 Å². The molecule has 1 aromatic heterocycles. The van der Waals surface area contributed by atoms with Crippen molar-refractivity contribution < 1.29 is 19.2 Å². The monoisotopic (exact) mass is 388 g/mol. The molecule has 0 saturated heterocycles. The molecule has 2 aliphatic rings. The Bertz CT molecular complexity index is 783. The first-order valence-electron chi connectivity index (χ1n) is 10.1. The van der Waals surface area contributed by atoms with Gasteiger partial charge in [0.2, 0.25) is 5.84 Å². The minimum atomic E-state index is -0.435. The van der Waals surface area contributed by atoms with E-state index in [1.165, 1.54) is 12.7 Å².